The standard InChI is InChI=1S/C15H20N2OS/c1-9-6-5-7-10-13(9)17(14(19)16-10)11-8-12(18-4)15(11,2)3/h5-7,11-12H,8H2,1-4H3,(H,16,19). The second-order valence-electron chi connectivity index (χ2n) is 6.07. The van der Waals surface area contributed by atoms with Crippen molar-refractivity contribution >= 4 is 23.3 Å². The van der Waals surface area contributed by atoms with Crippen molar-refractivity contribution in [2.75, 3.05) is 7.11 Å². The van der Waals surface area contributed by atoms with Crippen molar-refractivity contribution in [3.63, 3.8) is 0 Å². The van der Waals surface area contributed by atoms with E-state index in [1.165, 1.54) is 11.1 Å². The zero-order valence-electron chi connectivity index (χ0n) is 11.9. The minimum absolute atomic E-state index is 0.115. The number of methoxy groups -OCH3 is 1. The predicted molar refractivity (Wildman–Crippen MR) is 80.1 cm³/mol. The van der Waals surface area contributed by atoms with Gasteiger partial charge in [-0.3, -0.25) is 0 Å². The lowest BCUT2D eigenvalue weighted by atomic mass is 9.64. The molecule has 1 heterocycles. The highest BCUT2D eigenvalue weighted by molar-refractivity contribution is 7.71. The van der Waals surface area contributed by atoms with E-state index in [1.807, 2.05) is 0 Å². The molecule has 2 aromatic rings. The Morgan fingerprint density at radius 3 is 2.79 bits per heavy atom. The van der Waals surface area contributed by atoms with Crippen LogP contribution in [0.4, 0.5) is 0 Å². The number of hydrogen-bond donors (Lipinski definition) is 1. The van der Waals surface area contributed by atoms with Crippen LogP contribution in [0.25, 0.3) is 11.0 Å². The Morgan fingerprint density at radius 2 is 2.16 bits per heavy atom. The number of H-pyrrole nitrogens is 1. The van der Waals surface area contributed by atoms with Crippen molar-refractivity contribution in [2.24, 2.45) is 5.41 Å². The molecule has 4 heteroatoms. The van der Waals surface area contributed by atoms with Crippen LogP contribution in [0.1, 0.15) is 31.9 Å². The highest BCUT2D eigenvalue weighted by atomic mass is 32.1. The van der Waals surface area contributed by atoms with Gasteiger partial charge in [0, 0.05) is 18.6 Å². The fraction of sp³-hybridized carbons (Fsp3) is 0.533. The molecule has 1 saturated carbocycles. The Kier molecular flexibility index (Phi) is 2.84. The van der Waals surface area contributed by atoms with Gasteiger partial charge >= 0.3 is 0 Å². The van der Waals surface area contributed by atoms with E-state index in [2.05, 4.69) is 48.5 Å². The maximum Gasteiger partial charge on any atom is 0.178 e. The van der Waals surface area contributed by atoms with Gasteiger partial charge in [-0.1, -0.05) is 26.0 Å². The summed E-state index contributed by atoms with van der Waals surface area (Å²) in [6, 6.07) is 6.70. The van der Waals surface area contributed by atoms with Crippen molar-refractivity contribution in [1.82, 2.24) is 9.55 Å². The van der Waals surface area contributed by atoms with Gasteiger partial charge in [-0.25, -0.2) is 0 Å². The summed E-state index contributed by atoms with van der Waals surface area (Å²) >= 11 is 5.53. The van der Waals surface area contributed by atoms with Gasteiger partial charge in [-0.2, -0.15) is 0 Å². The van der Waals surface area contributed by atoms with Crippen molar-refractivity contribution in [1.29, 1.82) is 0 Å². The molecule has 0 spiro atoms. The number of rotatable bonds is 2. The van der Waals surface area contributed by atoms with Gasteiger partial charge in [0.2, 0.25) is 0 Å². The Balaban J connectivity index is 2.17. The zero-order chi connectivity index (χ0) is 13.8. The molecule has 0 amide bonds. The molecule has 102 valence electrons. The monoisotopic (exact) mass is 276 g/mol. The van der Waals surface area contributed by atoms with Gasteiger partial charge in [-0.05, 0) is 37.2 Å². The van der Waals surface area contributed by atoms with E-state index >= 15 is 0 Å². The van der Waals surface area contributed by atoms with Crippen LogP contribution in [0.2, 0.25) is 0 Å². The summed E-state index contributed by atoms with van der Waals surface area (Å²) < 4.78 is 8.66. The molecular formula is C15H20N2OS. The summed E-state index contributed by atoms with van der Waals surface area (Å²) in [4.78, 5) is 3.32. The molecule has 1 aliphatic rings. The summed E-state index contributed by atoms with van der Waals surface area (Å²) in [5.74, 6) is 0. The third-order valence-corrected chi connectivity index (χ3v) is 4.96. The van der Waals surface area contributed by atoms with Crippen molar-refractivity contribution < 1.29 is 4.74 Å². The smallest absolute Gasteiger partial charge is 0.178 e. The van der Waals surface area contributed by atoms with Crippen LogP contribution in [-0.2, 0) is 4.74 Å². The lowest BCUT2D eigenvalue weighted by molar-refractivity contribution is -0.111. The van der Waals surface area contributed by atoms with Gasteiger partial charge < -0.3 is 14.3 Å². The number of benzene rings is 1. The van der Waals surface area contributed by atoms with E-state index in [4.69, 9.17) is 17.0 Å². The minimum Gasteiger partial charge on any atom is -0.381 e. The zero-order valence-corrected chi connectivity index (χ0v) is 12.7. The Morgan fingerprint density at radius 1 is 1.42 bits per heavy atom. The minimum atomic E-state index is 0.115. The van der Waals surface area contributed by atoms with Crippen molar-refractivity contribution in [2.45, 2.75) is 39.3 Å². The number of fused-ring (bicyclic) bond motifs is 1. The van der Waals surface area contributed by atoms with Gasteiger partial charge in [0.1, 0.15) is 0 Å². The molecule has 1 N–H and O–H groups in total. The van der Waals surface area contributed by atoms with E-state index in [1.54, 1.807) is 7.11 Å². The number of para-hydroxylation sites is 1. The van der Waals surface area contributed by atoms with Gasteiger partial charge in [0.25, 0.3) is 0 Å². The van der Waals surface area contributed by atoms with Crippen LogP contribution in [0.3, 0.4) is 0 Å². The molecule has 1 fully saturated rings. The Hall–Kier alpha value is -1.13. The predicted octanol–water partition coefficient (Wildman–Crippen LogP) is 3.99. The van der Waals surface area contributed by atoms with Crippen molar-refractivity contribution in [3.05, 3.63) is 28.5 Å². The number of aryl methyl sites for hydroxylation is 1. The number of imidazole rings is 1. The topological polar surface area (TPSA) is 29.9 Å². The fourth-order valence-electron chi connectivity index (χ4n) is 3.36. The number of hydrogen-bond acceptors (Lipinski definition) is 2. The second-order valence-corrected chi connectivity index (χ2v) is 6.46. The lowest BCUT2D eigenvalue weighted by Gasteiger charge is -2.51. The summed E-state index contributed by atoms with van der Waals surface area (Å²) in [5, 5.41) is 0. The maximum atomic E-state index is 5.55. The molecule has 3 rings (SSSR count). The Labute approximate surface area is 118 Å². The Bertz CT molecular complexity index is 683. The van der Waals surface area contributed by atoms with Crippen LogP contribution in [0.15, 0.2) is 18.2 Å². The molecule has 0 aliphatic heterocycles. The molecule has 2 unspecified atom stereocenters. The number of nitrogens with one attached hydrogen (secondary N) is 1. The van der Waals surface area contributed by atoms with E-state index in [9.17, 15) is 0 Å². The van der Waals surface area contributed by atoms with E-state index < -0.39 is 0 Å². The van der Waals surface area contributed by atoms with E-state index in [0.29, 0.717) is 12.1 Å². The molecule has 19 heavy (non-hydrogen) atoms. The van der Waals surface area contributed by atoms with E-state index in [-0.39, 0.29) is 5.41 Å². The molecule has 1 aromatic heterocycles. The first-order valence-corrected chi connectivity index (χ1v) is 7.10. The van der Waals surface area contributed by atoms with Crippen LogP contribution in [0.5, 0.6) is 0 Å². The number of aromatic nitrogens is 2. The fourth-order valence-corrected chi connectivity index (χ4v) is 3.68. The molecule has 0 bridgehead atoms. The number of nitrogens with zero attached hydrogens (tertiary/aromatic N) is 1. The van der Waals surface area contributed by atoms with Crippen LogP contribution >= 0.6 is 12.2 Å². The first kappa shape index (κ1) is 12.9. The van der Waals surface area contributed by atoms with Gasteiger partial charge in [0.05, 0.1) is 17.1 Å². The summed E-state index contributed by atoms with van der Waals surface area (Å²) in [7, 11) is 1.79. The van der Waals surface area contributed by atoms with Gasteiger partial charge in [-0.15, -0.1) is 0 Å². The third-order valence-electron chi connectivity index (χ3n) is 4.66. The highest BCUT2D eigenvalue weighted by Crippen LogP contribution is 2.52. The molecule has 0 radical (unpaired) electrons. The van der Waals surface area contributed by atoms with E-state index in [0.717, 1.165) is 16.7 Å². The first-order valence-electron chi connectivity index (χ1n) is 6.69. The van der Waals surface area contributed by atoms with Crippen LogP contribution in [0, 0.1) is 17.1 Å². The van der Waals surface area contributed by atoms with Gasteiger partial charge in [0.15, 0.2) is 4.77 Å². The normalized spacial score (nSPS) is 25.5. The molecule has 1 aliphatic carbocycles. The molecule has 0 saturated heterocycles. The van der Waals surface area contributed by atoms with Crippen LogP contribution < -0.4 is 0 Å². The lowest BCUT2D eigenvalue weighted by Crippen LogP contribution is -2.51. The third kappa shape index (κ3) is 1.70. The molecular weight excluding hydrogens is 256 g/mol. The summed E-state index contributed by atoms with van der Waals surface area (Å²) in [6.45, 7) is 6.66. The quantitative estimate of drug-likeness (QED) is 0.840. The second kappa shape index (κ2) is 4.18. The largest absolute Gasteiger partial charge is 0.381 e. The molecule has 2 atom stereocenters. The summed E-state index contributed by atoms with van der Waals surface area (Å²) in [5.41, 5.74) is 3.74. The maximum absolute atomic E-state index is 5.55. The average molecular weight is 276 g/mol. The number of aromatic amines is 1. The van der Waals surface area contributed by atoms with Crippen LogP contribution in [-0.4, -0.2) is 22.8 Å². The highest BCUT2D eigenvalue weighted by Gasteiger charge is 2.50. The molecule has 3 nitrogen and oxygen atoms in total. The first-order chi connectivity index (χ1) is 8.96. The number of ether oxygens (including phenoxy) is 1. The summed E-state index contributed by atoms with van der Waals surface area (Å²) in [6.07, 6.45) is 1.34. The average Bonchev–Trinajstić information content (AvgIpc) is 2.67. The molecule has 1 aromatic carbocycles. The van der Waals surface area contributed by atoms with Crippen molar-refractivity contribution in [3.8, 4) is 0 Å². The SMILES string of the molecule is COC1CC(n2c(=S)[nH]c3cccc(C)c32)C1(C)C.